The highest BCUT2D eigenvalue weighted by atomic mass is 32.2. The fraction of sp³-hybridized carbons (Fsp3) is 0.429. The Balaban J connectivity index is 2.34. The minimum absolute atomic E-state index is 0.492. The minimum Gasteiger partial charge on any atom is -0.316 e. The van der Waals surface area contributed by atoms with Gasteiger partial charge in [0.05, 0.1) is 4.58 Å². The smallest absolute Gasteiger partial charge is 0.0886 e. The number of thiol groups is 1. The molecule has 1 rings (SSSR count). The van der Waals surface area contributed by atoms with Gasteiger partial charge in [0.2, 0.25) is 0 Å². The van der Waals surface area contributed by atoms with Crippen molar-refractivity contribution in [3.05, 3.63) is 21.8 Å². The number of rotatable bonds is 3. The largest absolute Gasteiger partial charge is 0.316 e. The minimum atomic E-state index is 0.492. The molecule has 0 spiro atoms. The predicted molar refractivity (Wildman–Crippen MR) is 59.1 cm³/mol. The summed E-state index contributed by atoms with van der Waals surface area (Å²) in [6.45, 7) is 0.899. The van der Waals surface area contributed by atoms with E-state index >= 15 is 0 Å². The molecule has 0 saturated heterocycles. The summed E-state index contributed by atoms with van der Waals surface area (Å²) in [6.07, 6.45) is 2.11. The lowest BCUT2D eigenvalue weighted by Crippen LogP contribution is -2.06. The zero-order valence-electron chi connectivity index (χ0n) is 6.28. The molecule has 1 aliphatic heterocycles. The Hall–Kier alpha value is 0.490. The van der Waals surface area contributed by atoms with Crippen molar-refractivity contribution in [1.82, 2.24) is 5.32 Å². The second-order valence-electron chi connectivity index (χ2n) is 2.06. The van der Waals surface area contributed by atoms with E-state index in [0.717, 1.165) is 11.4 Å². The van der Waals surface area contributed by atoms with Gasteiger partial charge in [-0.15, -0.1) is 36.2 Å². The molecule has 1 N–H and O–H groups in total. The van der Waals surface area contributed by atoms with E-state index in [2.05, 4.69) is 34.8 Å². The van der Waals surface area contributed by atoms with Gasteiger partial charge in [0.25, 0.3) is 0 Å². The number of hydrogen-bond acceptors (Lipinski definition) is 4. The molecule has 1 nitrogen and oxygen atoms in total. The predicted octanol–water partition coefficient (Wildman–Crippen LogP) is 2.30. The quantitative estimate of drug-likeness (QED) is 0.686. The van der Waals surface area contributed by atoms with Crippen LogP contribution in [0.15, 0.2) is 21.8 Å². The molecule has 0 bridgehead atoms. The van der Waals surface area contributed by atoms with Crippen LogP contribution in [-0.2, 0) is 0 Å². The van der Waals surface area contributed by atoms with Gasteiger partial charge in [-0.25, -0.2) is 0 Å². The first-order valence-electron chi connectivity index (χ1n) is 3.34. The Morgan fingerprint density at radius 1 is 1.64 bits per heavy atom. The van der Waals surface area contributed by atoms with E-state index in [1.54, 1.807) is 0 Å². The highest BCUT2D eigenvalue weighted by Crippen LogP contribution is 2.39. The molecule has 1 heterocycles. The molecule has 0 aromatic heterocycles. The van der Waals surface area contributed by atoms with E-state index in [0.29, 0.717) is 4.58 Å². The Morgan fingerprint density at radius 3 is 2.82 bits per heavy atom. The molecule has 0 unspecified atom stereocenters. The molecule has 0 aromatic rings. The van der Waals surface area contributed by atoms with E-state index in [9.17, 15) is 0 Å². The molecule has 0 aliphatic carbocycles. The van der Waals surface area contributed by atoms with Crippen molar-refractivity contribution in [2.75, 3.05) is 13.6 Å². The average molecular weight is 205 g/mol. The first-order valence-corrected chi connectivity index (χ1v) is 5.67. The van der Waals surface area contributed by atoms with Gasteiger partial charge in [-0.1, -0.05) is 6.08 Å². The summed E-state index contributed by atoms with van der Waals surface area (Å²) in [4.78, 5) is 1.15. The standard InChI is InChI=1S/C7H11NS3/c1-8-3-2-6(9)7-10-4-5-11-7/h2,4-5,7-9H,3H2,1H3. The summed E-state index contributed by atoms with van der Waals surface area (Å²) in [5.74, 6) is 0. The maximum Gasteiger partial charge on any atom is 0.0886 e. The van der Waals surface area contributed by atoms with Crippen LogP contribution in [0.2, 0.25) is 0 Å². The lowest BCUT2D eigenvalue weighted by atomic mass is 10.5. The monoisotopic (exact) mass is 205 g/mol. The van der Waals surface area contributed by atoms with Crippen LogP contribution in [0.4, 0.5) is 0 Å². The van der Waals surface area contributed by atoms with E-state index in [1.165, 1.54) is 0 Å². The molecule has 0 aromatic carbocycles. The van der Waals surface area contributed by atoms with Crippen LogP contribution in [-0.4, -0.2) is 18.2 Å². The third-order valence-electron chi connectivity index (χ3n) is 1.22. The Bertz CT molecular complexity index is 169. The molecule has 0 saturated carbocycles. The second-order valence-corrected chi connectivity index (χ2v) is 4.91. The Labute approximate surface area is 81.5 Å². The van der Waals surface area contributed by atoms with Crippen LogP contribution in [0, 0.1) is 0 Å². The zero-order valence-corrected chi connectivity index (χ0v) is 8.81. The molecule has 0 atom stereocenters. The summed E-state index contributed by atoms with van der Waals surface area (Å²) in [7, 11) is 1.94. The SMILES string of the molecule is CNCC=C(S)C1SC=CS1. The van der Waals surface area contributed by atoms with Gasteiger partial charge in [0, 0.05) is 11.4 Å². The normalized spacial score (nSPS) is 19.6. The number of hydrogen-bond donors (Lipinski definition) is 2. The van der Waals surface area contributed by atoms with Crippen molar-refractivity contribution in [3.8, 4) is 0 Å². The number of likely N-dealkylation sites (N-methyl/N-ethyl adjacent to an activating group) is 1. The van der Waals surface area contributed by atoms with E-state index in [4.69, 9.17) is 0 Å². The lowest BCUT2D eigenvalue weighted by molar-refractivity contribution is 0.917. The van der Waals surface area contributed by atoms with E-state index in [1.807, 2.05) is 30.6 Å². The fourth-order valence-corrected chi connectivity index (χ4v) is 3.05. The fourth-order valence-electron chi connectivity index (χ4n) is 0.681. The van der Waals surface area contributed by atoms with Crippen LogP contribution in [0.5, 0.6) is 0 Å². The second kappa shape index (κ2) is 5.19. The lowest BCUT2D eigenvalue weighted by Gasteiger charge is -2.06. The van der Waals surface area contributed by atoms with Crippen LogP contribution in [0.1, 0.15) is 0 Å². The first kappa shape index (κ1) is 9.58. The molecule has 4 heteroatoms. The molecular weight excluding hydrogens is 194 g/mol. The number of nitrogens with one attached hydrogen (secondary N) is 1. The highest BCUT2D eigenvalue weighted by Gasteiger charge is 2.13. The van der Waals surface area contributed by atoms with Crippen LogP contribution in [0.3, 0.4) is 0 Å². The van der Waals surface area contributed by atoms with Gasteiger partial charge in [-0.3, -0.25) is 0 Å². The van der Waals surface area contributed by atoms with Crippen molar-refractivity contribution >= 4 is 36.2 Å². The van der Waals surface area contributed by atoms with Gasteiger partial charge >= 0.3 is 0 Å². The van der Waals surface area contributed by atoms with E-state index in [-0.39, 0.29) is 0 Å². The Morgan fingerprint density at radius 2 is 2.27 bits per heavy atom. The topological polar surface area (TPSA) is 12.0 Å². The van der Waals surface area contributed by atoms with Crippen LogP contribution >= 0.6 is 36.2 Å². The summed E-state index contributed by atoms with van der Waals surface area (Å²) < 4.78 is 0.492. The molecule has 11 heavy (non-hydrogen) atoms. The van der Waals surface area contributed by atoms with Crippen molar-refractivity contribution in [3.63, 3.8) is 0 Å². The molecule has 62 valence electrons. The molecule has 0 amide bonds. The van der Waals surface area contributed by atoms with Gasteiger partial charge in [0.1, 0.15) is 0 Å². The van der Waals surface area contributed by atoms with Crippen LogP contribution < -0.4 is 5.32 Å². The van der Waals surface area contributed by atoms with Gasteiger partial charge in [0.15, 0.2) is 0 Å². The van der Waals surface area contributed by atoms with Crippen LogP contribution in [0.25, 0.3) is 0 Å². The van der Waals surface area contributed by atoms with Crippen molar-refractivity contribution in [1.29, 1.82) is 0 Å². The maximum atomic E-state index is 4.40. The average Bonchev–Trinajstić information content (AvgIpc) is 2.52. The van der Waals surface area contributed by atoms with Gasteiger partial charge < -0.3 is 5.32 Å². The number of thioether (sulfide) groups is 2. The van der Waals surface area contributed by atoms with Crippen molar-refractivity contribution in [2.45, 2.75) is 4.58 Å². The summed E-state index contributed by atoms with van der Waals surface area (Å²) in [5, 5.41) is 7.28. The molecule has 0 radical (unpaired) electrons. The maximum absolute atomic E-state index is 4.40. The zero-order chi connectivity index (χ0) is 8.10. The Kier molecular flexibility index (Phi) is 4.52. The molecule has 0 fully saturated rings. The molecule has 1 aliphatic rings. The van der Waals surface area contributed by atoms with Gasteiger partial charge in [-0.05, 0) is 17.9 Å². The summed E-state index contributed by atoms with van der Waals surface area (Å²) in [5.41, 5.74) is 0. The third kappa shape index (κ3) is 3.15. The third-order valence-corrected chi connectivity index (χ3v) is 4.43. The van der Waals surface area contributed by atoms with Gasteiger partial charge in [-0.2, -0.15) is 0 Å². The van der Waals surface area contributed by atoms with Crippen molar-refractivity contribution in [2.24, 2.45) is 0 Å². The first-order chi connectivity index (χ1) is 5.34. The van der Waals surface area contributed by atoms with E-state index < -0.39 is 0 Å². The summed E-state index contributed by atoms with van der Waals surface area (Å²) >= 11 is 8.02. The molecular formula is C7H11NS3. The highest BCUT2D eigenvalue weighted by molar-refractivity contribution is 8.23. The summed E-state index contributed by atoms with van der Waals surface area (Å²) in [6, 6.07) is 0. The van der Waals surface area contributed by atoms with Crippen molar-refractivity contribution < 1.29 is 0 Å².